The highest BCUT2D eigenvalue weighted by Crippen LogP contribution is 2.42. The zero-order valence-corrected chi connectivity index (χ0v) is 17.9. The number of nitrogens with one attached hydrogen (secondary N) is 1. The van der Waals surface area contributed by atoms with Crippen LogP contribution in [-0.4, -0.2) is 27.5 Å². The van der Waals surface area contributed by atoms with Crippen LogP contribution in [0, 0.1) is 0 Å². The monoisotopic (exact) mass is 424 g/mol. The lowest BCUT2D eigenvalue weighted by Crippen LogP contribution is -2.22. The van der Waals surface area contributed by atoms with Gasteiger partial charge in [-0.25, -0.2) is 0 Å². The van der Waals surface area contributed by atoms with Gasteiger partial charge in [0.25, 0.3) is 11.8 Å². The lowest BCUT2D eigenvalue weighted by atomic mass is 9.94. The van der Waals surface area contributed by atoms with E-state index in [1.54, 1.807) is 0 Å². The summed E-state index contributed by atoms with van der Waals surface area (Å²) < 4.78 is 4.28. The van der Waals surface area contributed by atoms with Crippen LogP contribution in [0.1, 0.15) is 35.6 Å². The molecule has 2 aliphatic heterocycles. The van der Waals surface area contributed by atoms with Gasteiger partial charge in [0, 0.05) is 52.9 Å². The van der Waals surface area contributed by atoms with E-state index in [0.29, 0.717) is 23.7 Å². The fraction of sp³-hybridized carbons (Fsp3) is 0.231. The number of hydrogen-bond acceptors (Lipinski definition) is 3. The van der Waals surface area contributed by atoms with E-state index in [9.17, 15) is 9.59 Å². The molecular formula is C26H24N4O2. The second-order valence-corrected chi connectivity index (χ2v) is 8.74. The Kier molecular flexibility index (Phi) is 4.13. The zero-order chi connectivity index (χ0) is 22.0. The first-order chi connectivity index (χ1) is 15.6. The van der Waals surface area contributed by atoms with Crippen molar-refractivity contribution in [1.29, 1.82) is 0 Å². The minimum absolute atomic E-state index is 0.299. The quantitative estimate of drug-likeness (QED) is 0.492. The number of imide groups is 1. The highest BCUT2D eigenvalue weighted by Gasteiger charge is 2.36. The van der Waals surface area contributed by atoms with Crippen LogP contribution in [0.15, 0.2) is 54.9 Å². The predicted octanol–water partition coefficient (Wildman–Crippen LogP) is 3.54. The molecule has 0 saturated carbocycles. The van der Waals surface area contributed by atoms with Crippen LogP contribution in [0.3, 0.4) is 0 Å². The maximum atomic E-state index is 13.1. The number of aromatic nitrogens is 2. The fourth-order valence-corrected chi connectivity index (χ4v) is 5.52. The molecule has 6 rings (SSSR count). The van der Waals surface area contributed by atoms with Crippen LogP contribution < -0.4 is 11.1 Å². The molecule has 3 N–H and O–H groups in total. The number of nitrogens with two attached hydrogens (primary N) is 1. The molecule has 2 amide bonds. The summed E-state index contributed by atoms with van der Waals surface area (Å²) in [7, 11) is 1.96. The first kappa shape index (κ1) is 19.1. The number of carbonyl (C=O) groups excluding carboxylic acids is 2. The number of carbonyl (C=O) groups is 2. The smallest absolute Gasteiger partial charge is 0.259 e. The van der Waals surface area contributed by atoms with Crippen molar-refractivity contribution in [2.45, 2.75) is 25.3 Å². The third-order valence-electron chi connectivity index (χ3n) is 6.94. The highest BCUT2D eigenvalue weighted by molar-refractivity contribution is 6.50. The average molecular weight is 425 g/mol. The molecule has 0 spiro atoms. The van der Waals surface area contributed by atoms with Crippen molar-refractivity contribution in [2.24, 2.45) is 12.8 Å². The Morgan fingerprint density at radius 3 is 2.47 bits per heavy atom. The van der Waals surface area contributed by atoms with Gasteiger partial charge in [-0.05, 0) is 37.4 Å². The van der Waals surface area contributed by atoms with E-state index in [4.69, 9.17) is 5.73 Å². The number of fused-ring (bicyclic) bond motifs is 1. The third-order valence-corrected chi connectivity index (χ3v) is 6.94. The molecule has 2 aromatic heterocycles. The Labute approximate surface area is 185 Å². The molecule has 6 heteroatoms. The number of benzene rings is 2. The van der Waals surface area contributed by atoms with Crippen LogP contribution in [0.25, 0.3) is 33.0 Å². The minimum Gasteiger partial charge on any atom is -0.350 e. The van der Waals surface area contributed by atoms with Crippen LogP contribution >= 0.6 is 0 Å². The largest absolute Gasteiger partial charge is 0.350 e. The average Bonchev–Trinajstić information content (AvgIpc) is 3.42. The van der Waals surface area contributed by atoms with Crippen molar-refractivity contribution in [3.05, 3.63) is 71.5 Å². The van der Waals surface area contributed by atoms with Crippen molar-refractivity contribution in [2.75, 3.05) is 6.54 Å². The van der Waals surface area contributed by atoms with E-state index in [0.717, 1.165) is 52.2 Å². The minimum atomic E-state index is -0.341. The van der Waals surface area contributed by atoms with E-state index < -0.39 is 0 Å². The molecule has 160 valence electrons. The van der Waals surface area contributed by atoms with E-state index in [1.165, 1.54) is 5.56 Å². The molecule has 4 aromatic rings. The molecule has 1 atom stereocenters. The Hall–Kier alpha value is -3.64. The summed E-state index contributed by atoms with van der Waals surface area (Å²) in [6, 6.07) is 14.5. The van der Waals surface area contributed by atoms with Crippen molar-refractivity contribution in [3.8, 4) is 0 Å². The van der Waals surface area contributed by atoms with E-state index in [2.05, 4.69) is 28.2 Å². The molecule has 2 aromatic carbocycles. The molecule has 0 aliphatic carbocycles. The fourth-order valence-electron chi connectivity index (χ4n) is 5.52. The molecule has 6 nitrogen and oxygen atoms in total. The summed E-state index contributed by atoms with van der Waals surface area (Å²) in [5.74, 6) is -0.677. The van der Waals surface area contributed by atoms with Crippen LogP contribution in [0.2, 0.25) is 0 Å². The van der Waals surface area contributed by atoms with E-state index in [-0.39, 0.29) is 11.8 Å². The molecule has 0 radical (unpaired) electrons. The Balaban J connectivity index is 1.67. The molecule has 4 heterocycles. The number of para-hydroxylation sites is 2. The van der Waals surface area contributed by atoms with Gasteiger partial charge in [0.15, 0.2) is 0 Å². The molecule has 0 saturated heterocycles. The van der Waals surface area contributed by atoms with Gasteiger partial charge in [-0.2, -0.15) is 0 Å². The standard InChI is InChI=1S/C26H24N4O2/c1-29-13-19(17-6-2-3-8-21(17)29)22-23(26(32)28-25(22)31)20-14-30-16(11-12-27)10-9-15-5-4-7-18(20)24(15)30/h2-8,13-14,16H,9-12,27H2,1H3,(H,28,31,32). The topological polar surface area (TPSA) is 82.0 Å². The van der Waals surface area contributed by atoms with Crippen molar-refractivity contribution in [1.82, 2.24) is 14.5 Å². The normalized spacial score (nSPS) is 18.2. The Bertz CT molecular complexity index is 1470. The van der Waals surface area contributed by atoms with Crippen molar-refractivity contribution in [3.63, 3.8) is 0 Å². The summed E-state index contributed by atoms with van der Waals surface area (Å²) in [6.45, 7) is 0.616. The lowest BCUT2D eigenvalue weighted by molar-refractivity contribution is -0.122. The number of aryl methyl sites for hydroxylation is 2. The molecule has 0 bridgehead atoms. The lowest BCUT2D eigenvalue weighted by Gasteiger charge is -2.25. The first-order valence-corrected chi connectivity index (χ1v) is 11.1. The SMILES string of the molecule is Cn1cc(C2=C(c3cn4c5c(cccc35)CCC4CCN)C(=O)NC2=O)c2ccccc21. The Morgan fingerprint density at radius 1 is 0.969 bits per heavy atom. The maximum Gasteiger partial charge on any atom is 0.259 e. The van der Waals surface area contributed by atoms with Gasteiger partial charge < -0.3 is 14.9 Å². The second-order valence-electron chi connectivity index (χ2n) is 8.74. The summed E-state index contributed by atoms with van der Waals surface area (Å²) in [6.07, 6.45) is 6.91. The summed E-state index contributed by atoms with van der Waals surface area (Å²) in [5, 5.41) is 4.53. The maximum absolute atomic E-state index is 13.1. The number of hydrogen-bond donors (Lipinski definition) is 2. The van der Waals surface area contributed by atoms with E-state index in [1.807, 2.05) is 48.1 Å². The number of nitrogens with zero attached hydrogens (tertiary/aromatic N) is 2. The van der Waals surface area contributed by atoms with Crippen LogP contribution in [0.5, 0.6) is 0 Å². The van der Waals surface area contributed by atoms with E-state index >= 15 is 0 Å². The van der Waals surface area contributed by atoms with Gasteiger partial charge in [0.05, 0.1) is 16.7 Å². The van der Waals surface area contributed by atoms with Crippen molar-refractivity contribution < 1.29 is 9.59 Å². The molecule has 2 aliphatic rings. The number of rotatable bonds is 4. The first-order valence-electron chi connectivity index (χ1n) is 11.1. The van der Waals surface area contributed by atoms with Gasteiger partial charge >= 0.3 is 0 Å². The van der Waals surface area contributed by atoms with Gasteiger partial charge in [0.2, 0.25) is 0 Å². The van der Waals surface area contributed by atoms with Crippen molar-refractivity contribution >= 4 is 44.8 Å². The zero-order valence-electron chi connectivity index (χ0n) is 17.9. The van der Waals surface area contributed by atoms with Gasteiger partial charge in [-0.3, -0.25) is 14.9 Å². The molecule has 32 heavy (non-hydrogen) atoms. The number of amides is 2. The summed E-state index contributed by atoms with van der Waals surface area (Å²) in [4.78, 5) is 26.2. The van der Waals surface area contributed by atoms with Crippen LogP contribution in [0.4, 0.5) is 0 Å². The Morgan fingerprint density at radius 2 is 1.69 bits per heavy atom. The second kappa shape index (κ2) is 6.93. The summed E-state index contributed by atoms with van der Waals surface area (Å²) in [5.41, 5.74) is 11.9. The summed E-state index contributed by atoms with van der Waals surface area (Å²) >= 11 is 0. The predicted molar refractivity (Wildman–Crippen MR) is 126 cm³/mol. The molecule has 0 fully saturated rings. The van der Waals surface area contributed by atoms with Gasteiger partial charge in [-0.1, -0.05) is 36.4 Å². The third kappa shape index (κ3) is 2.56. The van der Waals surface area contributed by atoms with Crippen LogP contribution in [-0.2, 0) is 23.1 Å². The molecular weight excluding hydrogens is 400 g/mol. The highest BCUT2D eigenvalue weighted by atomic mass is 16.2. The molecule has 1 unspecified atom stereocenters. The van der Waals surface area contributed by atoms with Gasteiger partial charge in [-0.15, -0.1) is 0 Å². The van der Waals surface area contributed by atoms with Gasteiger partial charge in [0.1, 0.15) is 0 Å².